The molecule has 0 spiro atoms. The zero-order valence-electron chi connectivity index (χ0n) is 19.0. The average Bonchev–Trinajstić information content (AvgIpc) is 3.14. The van der Waals surface area contributed by atoms with Crippen molar-refractivity contribution < 1.29 is 5.11 Å². The van der Waals surface area contributed by atoms with Crippen LogP contribution in [0.15, 0.2) is 54.7 Å². The minimum Gasteiger partial charge on any atom is -0.507 e. The number of hydrogen-bond acceptors (Lipinski definition) is 6. The summed E-state index contributed by atoms with van der Waals surface area (Å²) in [5.74, 6) is 0.671. The van der Waals surface area contributed by atoms with Gasteiger partial charge >= 0.3 is 0 Å². The van der Waals surface area contributed by atoms with E-state index in [1.165, 1.54) is 16.5 Å². The van der Waals surface area contributed by atoms with Gasteiger partial charge in [-0.05, 0) is 43.1 Å². The Morgan fingerprint density at radius 2 is 1.91 bits per heavy atom. The number of hydrogen-bond donors (Lipinski definition) is 2. The second-order valence-electron chi connectivity index (χ2n) is 8.68. The highest BCUT2D eigenvalue weighted by Gasteiger charge is 2.28. The molecule has 1 aliphatic heterocycles. The molecule has 7 nitrogen and oxygen atoms in total. The molecule has 1 aliphatic rings. The number of likely N-dealkylation sites (tertiary alicyclic amines) is 1. The van der Waals surface area contributed by atoms with Gasteiger partial charge in [0.05, 0.1) is 11.3 Å². The van der Waals surface area contributed by atoms with E-state index in [-0.39, 0.29) is 29.9 Å². The molecule has 8 heteroatoms. The van der Waals surface area contributed by atoms with Gasteiger partial charge < -0.3 is 15.4 Å². The lowest BCUT2D eigenvalue weighted by Crippen LogP contribution is -2.34. The third-order valence-corrected chi connectivity index (χ3v) is 6.49. The number of piperidine rings is 1. The molecule has 3 heterocycles. The number of nitrogens with two attached hydrogens (primary N) is 1. The maximum Gasteiger partial charge on any atom is 0.165 e. The molecule has 0 amide bonds. The fourth-order valence-corrected chi connectivity index (χ4v) is 4.90. The standard InChI is InChI=1S/C26H26N6O.ClH/c1-31-14-18(19-8-2-4-10-22(19)31)16-32-12-6-7-17(15-32)24-21(13-27)25(28)30-26(29-24)20-9-3-5-11-23(20)33;/h2-5,8-11,14,17,33H,6-7,12,15-16H2,1H3,(H2,28,29,30);1H. The number of nitriles is 1. The Balaban J connectivity index is 0.00000274. The molecular formula is C26H27ClN6O. The number of aryl methyl sites for hydroxylation is 1. The largest absolute Gasteiger partial charge is 0.507 e. The van der Waals surface area contributed by atoms with Crippen molar-refractivity contribution in [3.05, 3.63) is 71.5 Å². The maximum absolute atomic E-state index is 10.3. The normalized spacial score (nSPS) is 16.2. The van der Waals surface area contributed by atoms with Crippen LogP contribution in [0.1, 0.15) is 35.6 Å². The van der Waals surface area contributed by atoms with Crippen molar-refractivity contribution in [1.82, 2.24) is 19.4 Å². The number of para-hydroxylation sites is 2. The summed E-state index contributed by atoms with van der Waals surface area (Å²) >= 11 is 0. The molecule has 1 atom stereocenters. The predicted molar refractivity (Wildman–Crippen MR) is 136 cm³/mol. The molecule has 1 fully saturated rings. The van der Waals surface area contributed by atoms with Crippen LogP contribution in [0.5, 0.6) is 5.75 Å². The van der Waals surface area contributed by atoms with Crippen LogP contribution in [-0.2, 0) is 13.6 Å². The molecule has 0 saturated carbocycles. The summed E-state index contributed by atoms with van der Waals surface area (Å²) in [6.45, 7) is 2.62. The summed E-state index contributed by atoms with van der Waals surface area (Å²) in [6, 6.07) is 17.6. The quantitative estimate of drug-likeness (QED) is 0.448. The molecular weight excluding hydrogens is 448 g/mol. The Morgan fingerprint density at radius 1 is 1.15 bits per heavy atom. The summed E-state index contributed by atoms with van der Waals surface area (Å²) in [6.07, 6.45) is 4.14. The van der Waals surface area contributed by atoms with Crippen LogP contribution in [0.25, 0.3) is 22.3 Å². The summed E-state index contributed by atoms with van der Waals surface area (Å²) in [5, 5.41) is 21.3. The molecule has 1 unspecified atom stereocenters. The molecule has 2 aromatic heterocycles. The Hall–Kier alpha value is -3.60. The smallest absolute Gasteiger partial charge is 0.165 e. The summed E-state index contributed by atoms with van der Waals surface area (Å²) in [4.78, 5) is 11.5. The van der Waals surface area contributed by atoms with Crippen molar-refractivity contribution >= 4 is 29.1 Å². The monoisotopic (exact) mass is 474 g/mol. The molecule has 34 heavy (non-hydrogen) atoms. The van der Waals surface area contributed by atoms with Crippen LogP contribution in [-0.4, -0.2) is 37.6 Å². The Kier molecular flexibility index (Phi) is 6.73. The predicted octanol–water partition coefficient (Wildman–Crippen LogP) is 4.60. The lowest BCUT2D eigenvalue weighted by molar-refractivity contribution is 0.199. The minimum atomic E-state index is 0. The molecule has 1 saturated heterocycles. The Bertz CT molecular complexity index is 1380. The number of phenols is 1. The highest BCUT2D eigenvalue weighted by molar-refractivity contribution is 5.85. The van der Waals surface area contributed by atoms with Crippen LogP contribution in [0.4, 0.5) is 5.82 Å². The van der Waals surface area contributed by atoms with Crippen LogP contribution >= 0.6 is 12.4 Å². The molecule has 0 aliphatic carbocycles. The van der Waals surface area contributed by atoms with Gasteiger partial charge in [-0.15, -0.1) is 12.4 Å². The van der Waals surface area contributed by atoms with Crippen LogP contribution in [0.3, 0.4) is 0 Å². The third kappa shape index (κ3) is 4.30. The van der Waals surface area contributed by atoms with Crippen molar-refractivity contribution in [3.8, 4) is 23.2 Å². The second kappa shape index (κ2) is 9.72. The van der Waals surface area contributed by atoms with E-state index in [2.05, 4.69) is 58.0 Å². The SMILES string of the molecule is Cl.Cn1cc(CN2CCCC(c3nc(-c4ccccc4O)nc(N)c3C#N)C2)c2ccccc21. The van der Waals surface area contributed by atoms with Gasteiger partial charge in [-0.25, -0.2) is 9.97 Å². The number of fused-ring (bicyclic) bond motifs is 1. The number of nitrogen functional groups attached to an aromatic ring is 1. The maximum atomic E-state index is 10.3. The van der Waals surface area contributed by atoms with E-state index < -0.39 is 0 Å². The zero-order valence-corrected chi connectivity index (χ0v) is 19.8. The number of halogens is 1. The Labute approximate surface area is 204 Å². The summed E-state index contributed by atoms with van der Waals surface area (Å²) < 4.78 is 2.17. The van der Waals surface area contributed by atoms with Gasteiger partial charge in [0.25, 0.3) is 0 Å². The van der Waals surface area contributed by atoms with Gasteiger partial charge in [0.1, 0.15) is 23.2 Å². The van der Waals surface area contributed by atoms with Crippen LogP contribution < -0.4 is 5.73 Å². The second-order valence-corrected chi connectivity index (χ2v) is 8.68. The van der Waals surface area contributed by atoms with Gasteiger partial charge in [0.15, 0.2) is 5.82 Å². The first-order valence-corrected chi connectivity index (χ1v) is 11.2. The van der Waals surface area contributed by atoms with Crippen LogP contribution in [0, 0.1) is 11.3 Å². The van der Waals surface area contributed by atoms with Gasteiger partial charge in [-0.2, -0.15) is 5.26 Å². The van der Waals surface area contributed by atoms with Gasteiger partial charge in [-0.1, -0.05) is 30.3 Å². The van der Waals surface area contributed by atoms with E-state index in [4.69, 9.17) is 10.7 Å². The van der Waals surface area contributed by atoms with Crippen molar-refractivity contribution in [2.45, 2.75) is 25.3 Å². The summed E-state index contributed by atoms with van der Waals surface area (Å²) in [5.41, 5.74) is 10.2. The molecule has 4 aromatic rings. The lowest BCUT2D eigenvalue weighted by atomic mass is 9.91. The van der Waals surface area contributed by atoms with Crippen LogP contribution in [0.2, 0.25) is 0 Å². The fraction of sp³-hybridized carbons (Fsp3) is 0.269. The van der Waals surface area contributed by atoms with E-state index in [0.717, 1.165) is 32.5 Å². The number of aromatic nitrogens is 3. The lowest BCUT2D eigenvalue weighted by Gasteiger charge is -2.33. The highest BCUT2D eigenvalue weighted by atomic mass is 35.5. The number of benzene rings is 2. The van der Waals surface area contributed by atoms with E-state index >= 15 is 0 Å². The molecule has 0 bridgehead atoms. The van der Waals surface area contributed by atoms with Crippen molar-refractivity contribution in [2.24, 2.45) is 7.05 Å². The van der Waals surface area contributed by atoms with Gasteiger partial charge in [-0.3, -0.25) is 4.90 Å². The molecule has 2 aromatic carbocycles. The highest BCUT2D eigenvalue weighted by Crippen LogP contribution is 2.34. The Morgan fingerprint density at radius 3 is 2.71 bits per heavy atom. The first-order chi connectivity index (χ1) is 16.0. The summed E-state index contributed by atoms with van der Waals surface area (Å²) in [7, 11) is 2.08. The van der Waals surface area contributed by atoms with Crippen molar-refractivity contribution in [1.29, 1.82) is 5.26 Å². The van der Waals surface area contributed by atoms with E-state index in [1.54, 1.807) is 18.2 Å². The molecule has 3 N–H and O–H groups in total. The molecule has 0 radical (unpaired) electrons. The average molecular weight is 475 g/mol. The third-order valence-electron chi connectivity index (χ3n) is 6.49. The number of aromatic hydroxyl groups is 1. The topological polar surface area (TPSA) is 104 Å². The number of phenolic OH excluding ortho intramolecular Hbond substituents is 1. The van der Waals surface area contributed by atoms with E-state index in [9.17, 15) is 10.4 Å². The minimum absolute atomic E-state index is 0. The first kappa shape index (κ1) is 23.6. The van der Waals surface area contributed by atoms with Gasteiger partial charge in [0.2, 0.25) is 0 Å². The fourth-order valence-electron chi connectivity index (χ4n) is 4.90. The number of rotatable bonds is 4. The van der Waals surface area contributed by atoms with E-state index in [1.807, 2.05) is 6.07 Å². The zero-order chi connectivity index (χ0) is 22.9. The van der Waals surface area contributed by atoms with E-state index in [0.29, 0.717) is 22.6 Å². The first-order valence-electron chi connectivity index (χ1n) is 11.2. The molecule has 174 valence electrons. The van der Waals surface area contributed by atoms with Crippen molar-refractivity contribution in [2.75, 3.05) is 18.8 Å². The number of anilines is 1. The number of nitrogens with zero attached hydrogens (tertiary/aromatic N) is 5. The van der Waals surface area contributed by atoms with Gasteiger partial charge in [0, 0.05) is 43.2 Å². The van der Waals surface area contributed by atoms with Crippen molar-refractivity contribution in [3.63, 3.8) is 0 Å². The molecule has 5 rings (SSSR count).